The molecule has 5 heteroatoms. The molecule has 1 aliphatic carbocycles. The van der Waals surface area contributed by atoms with Crippen LogP contribution in [0.4, 0.5) is 5.00 Å². The number of thiophene rings is 1. The molecule has 0 bridgehead atoms. The van der Waals surface area contributed by atoms with Crippen LogP contribution < -0.4 is 5.32 Å². The number of nitrogens with zero attached hydrogens (tertiary/aromatic N) is 1. The first-order valence-electron chi connectivity index (χ1n) is 8.88. The van der Waals surface area contributed by atoms with Crippen LogP contribution in [0.25, 0.3) is 11.0 Å². The van der Waals surface area contributed by atoms with Crippen molar-refractivity contribution in [2.45, 2.75) is 46.0 Å². The minimum atomic E-state index is -0.110. The molecule has 0 spiro atoms. The zero-order valence-corrected chi connectivity index (χ0v) is 15.8. The van der Waals surface area contributed by atoms with Crippen molar-refractivity contribution in [1.29, 1.82) is 5.26 Å². The van der Waals surface area contributed by atoms with Crippen LogP contribution >= 0.6 is 11.3 Å². The highest BCUT2D eigenvalue weighted by atomic mass is 32.1. The summed E-state index contributed by atoms with van der Waals surface area (Å²) in [4.78, 5) is 13.9. The van der Waals surface area contributed by atoms with Crippen molar-refractivity contribution in [2.75, 3.05) is 5.32 Å². The Morgan fingerprint density at radius 3 is 2.85 bits per heavy atom. The quantitative estimate of drug-likeness (QED) is 0.708. The highest BCUT2D eigenvalue weighted by Crippen LogP contribution is 2.37. The number of nitriles is 1. The molecular formula is C21H20N2O2S. The second-order valence-corrected chi connectivity index (χ2v) is 8.05. The van der Waals surface area contributed by atoms with E-state index >= 15 is 0 Å². The maximum absolute atomic E-state index is 12.6. The summed E-state index contributed by atoms with van der Waals surface area (Å²) in [7, 11) is 0. The van der Waals surface area contributed by atoms with E-state index in [1.165, 1.54) is 16.0 Å². The van der Waals surface area contributed by atoms with Gasteiger partial charge in [0.1, 0.15) is 16.7 Å². The zero-order chi connectivity index (χ0) is 18.3. The molecule has 1 aromatic carbocycles. The molecule has 1 aliphatic rings. The Hall–Kier alpha value is -2.58. The minimum Gasteiger partial charge on any atom is -0.464 e. The second-order valence-electron chi connectivity index (χ2n) is 6.95. The van der Waals surface area contributed by atoms with E-state index in [0.717, 1.165) is 47.8 Å². The van der Waals surface area contributed by atoms with E-state index in [-0.39, 0.29) is 12.3 Å². The molecule has 132 valence electrons. The first-order valence-corrected chi connectivity index (χ1v) is 9.70. The van der Waals surface area contributed by atoms with Gasteiger partial charge in [0.05, 0.1) is 18.2 Å². The number of fused-ring (bicyclic) bond motifs is 2. The Balaban J connectivity index is 1.58. The molecule has 2 aromatic heterocycles. The lowest BCUT2D eigenvalue weighted by Crippen LogP contribution is -2.14. The Kier molecular flexibility index (Phi) is 4.29. The van der Waals surface area contributed by atoms with E-state index in [1.54, 1.807) is 17.6 Å². The Bertz CT molecular complexity index is 1050. The van der Waals surface area contributed by atoms with Crippen molar-refractivity contribution >= 4 is 33.2 Å². The van der Waals surface area contributed by atoms with Gasteiger partial charge in [-0.3, -0.25) is 4.79 Å². The summed E-state index contributed by atoms with van der Waals surface area (Å²) in [6.07, 6.45) is 6.12. The number of nitrogens with one attached hydrogen (secondary N) is 1. The lowest BCUT2D eigenvalue weighted by molar-refractivity contribution is -0.115. The first-order chi connectivity index (χ1) is 12.6. The molecule has 1 N–H and O–H groups in total. The molecule has 1 amide bonds. The predicted octanol–water partition coefficient (Wildman–Crippen LogP) is 5.04. The van der Waals surface area contributed by atoms with Gasteiger partial charge in [0.15, 0.2) is 0 Å². The molecular weight excluding hydrogens is 344 g/mol. The van der Waals surface area contributed by atoms with Gasteiger partial charge in [-0.2, -0.15) is 5.26 Å². The van der Waals surface area contributed by atoms with Crippen molar-refractivity contribution in [3.05, 3.63) is 51.1 Å². The van der Waals surface area contributed by atoms with Gasteiger partial charge in [0.25, 0.3) is 0 Å². The number of hydrogen-bond donors (Lipinski definition) is 1. The van der Waals surface area contributed by atoms with E-state index < -0.39 is 0 Å². The maximum atomic E-state index is 12.6. The van der Waals surface area contributed by atoms with Crippen LogP contribution in [0.3, 0.4) is 0 Å². The molecule has 26 heavy (non-hydrogen) atoms. The second kappa shape index (κ2) is 6.62. The first kappa shape index (κ1) is 16.9. The summed E-state index contributed by atoms with van der Waals surface area (Å²) >= 11 is 1.56. The summed E-state index contributed by atoms with van der Waals surface area (Å²) in [5.41, 5.74) is 5.82. The number of carbonyl (C=O) groups is 1. The highest BCUT2D eigenvalue weighted by Gasteiger charge is 2.22. The molecule has 2 heterocycles. The maximum Gasteiger partial charge on any atom is 0.229 e. The van der Waals surface area contributed by atoms with E-state index in [4.69, 9.17) is 4.42 Å². The predicted molar refractivity (Wildman–Crippen MR) is 104 cm³/mol. The number of rotatable bonds is 3. The standard InChI is InChI=1S/C21H20N2O2S/c1-12-7-16-14(11-25-18(16)8-13(12)2)9-20(24)23-21-17(10-22)15-5-3-4-6-19(15)26-21/h7-8,11H,3-6,9H2,1-2H3,(H,23,24). The highest BCUT2D eigenvalue weighted by molar-refractivity contribution is 7.16. The van der Waals surface area contributed by atoms with E-state index in [0.29, 0.717) is 10.6 Å². The number of hydrogen-bond acceptors (Lipinski definition) is 4. The Morgan fingerprint density at radius 2 is 2.04 bits per heavy atom. The fourth-order valence-electron chi connectivity index (χ4n) is 3.59. The van der Waals surface area contributed by atoms with Crippen molar-refractivity contribution in [3.63, 3.8) is 0 Å². The molecule has 4 nitrogen and oxygen atoms in total. The Labute approximate surface area is 156 Å². The van der Waals surface area contributed by atoms with Gasteiger partial charge in [-0.25, -0.2) is 0 Å². The average Bonchev–Trinajstić information content (AvgIpc) is 3.16. The van der Waals surface area contributed by atoms with Gasteiger partial charge < -0.3 is 9.73 Å². The normalized spacial score (nSPS) is 13.4. The van der Waals surface area contributed by atoms with Crippen LogP contribution in [0.1, 0.15) is 45.5 Å². The van der Waals surface area contributed by atoms with Crippen LogP contribution in [0, 0.1) is 25.2 Å². The van der Waals surface area contributed by atoms with Crippen LogP contribution in [-0.4, -0.2) is 5.91 Å². The SMILES string of the molecule is Cc1cc2occ(CC(=O)Nc3sc4c(c3C#N)CCCC4)c2cc1C. The lowest BCUT2D eigenvalue weighted by Gasteiger charge is -2.09. The van der Waals surface area contributed by atoms with E-state index in [2.05, 4.69) is 24.4 Å². The van der Waals surface area contributed by atoms with Crippen molar-refractivity contribution in [2.24, 2.45) is 0 Å². The van der Waals surface area contributed by atoms with Gasteiger partial charge in [0.2, 0.25) is 5.91 Å². The van der Waals surface area contributed by atoms with Crippen LogP contribution in [0.2, 0.25) is 0 Å². The molecule has 3 aromatic rings. The number of benzene rings is 1. The smallest absolute Gasteiger partial charge is 0.229 e. The third-order valence-electron chi connectivity index (χ3n) is 5.16. The molecule has 0 unspecified atom stereocenters. The summed E-state index contributed by atoms with van der Waals surface area (Å²) < 4.78 is 5.62. The number of aryl methyl sites for hydroxylation is 3. The number of furan rings is 1. The monoisotopic (exact) mass is 364 g/mol. The number of amides is 1. The largest absolute Gasteiger partial charge is 0.464 e. The minimum absolute atomic E-state index is 0.110. The van der Waals surface area contributed by atoms with Crippen LogP contribution in [-0.2, 0) is 24.1 Å². The van der Waals surface area contributed by atoms with Crippen LogP contribution in [0.15, 0.2) is 22.8 Å². The zero-order valence-electron chi connectivity index (χ0n) is 14.9. The molecule has 0 aliphatic heterocycles. The Morgan fingerprint density at radius 1 is 1.27 bits per heavy atom. The summed E-state index contributed by atoms with van der Waals surface area (Å²) in [6, 6.07) is 6.37. The fraction of sp³-hybridized carbons (Fsp3) is 0.333. The molecule has 0 atom stereocenters. The number of carbonyl (C=O) groups excluding carboxylic acids is 1. The summed E-state index contributed by atoms with van der Waals surface area (Å²) in [5, 5.41) is 14.2. The van der Waals surface area contributed by atoms with E-state index in [9.17, 15) is 10.1 Å². The van der Waals surface area contributed by atoms with Crippen molar-refractivity contribution < 1.29 is 9.21 Å². The van der Waals surface area contributed by atoms with Gasteiger partial charge in [-0.1, -0.05) is 0 Å². The fourth-order valence-corrected chi connectivity index (χ4v) is 4.85. The van der Waals surface area contributed by atoms with Crippen molar-refractivity contribution in [3.8, 4) is 6.07 Å². The topological polar surface area (TPSA) is 66.0 Å². The lowest BCUT2D eigenvalue weighted by atomic mass is 9.96. The molecule has 4 rings (SSSR count). The van der Waals surface area contributed by atoms with Gasteiger partial charge in [-0.05, 0) is 68.4 Å². The van der Waals surface area contributed by atoms with Gasteiger partial charge in [0, 0.05) is 15.8 Å². The van der Waals surface area contributed by atoms with Gasteiger partial charge >= 0.3 is 0 Å². The number of anilines is 1. The molecule has 0 radical (unpaired) electrons. The third kappa shape index (κ3) is 2.91. The summed E-state index contributed by atoms with van der Waals surface area (Å²) in [5.74, 6) is -0.110. The average molecular weight is 364 g/mol. The molecule has 0 saturated heterocycles. The van der Waals surface area contributed by atoms with E-state index in [1.807, 2.05) is 13.0 Å². The molecule has 0 saturated carbocycles. The van der Waals surface area contributed by atoms with Gasteiger partial charge in [-0.15, -0.1) is 11.3 Å². The van der Waals surface area contributed by atoms with Crippen LogP contribution in [0.5, 0.6) is 0 Å². The summed E-state index contributed by atoms with van der Waals surface area (Å²) in [6.45, 7) is 4.10. The molecule has 0 fully saturated rings. The van der Waals surface area contributed by atoms with Crippen molar-refractivity contribution in [1.82, 2.24) is 0 Å². The third-order valence-corrected chi connectivity index (χ3v) is 6.36.